The van der Waals surface area contributed by atoms with E-state index in [1.165, 1.54) is 0 Å². The van der Waals surface area contributed by atoms with E-state index >= 15 is 0 Å². The number of nitrogens with zero attached hydrogens (tertiary/aromatic N) is 2. The van der Waals surface area contributed by atoms with Crippen molar-refractivity contribution in [2.45, 2.75) is 46.1 Å². The van der Waals surface area contributed by atoms with Crippen LogP contribution in [0.1, 0.15) is 50.9 Å². The standard InChI is InChI=1S/C15H25N3O/c1-6-10-16-13-9-8-12(11-17-13)14(19)18(5)15(3,4)7-2/h8-9,11H,6-7,10H2,1-5H3,(H,16,17). The lowest BCUT2D eigenvalue weighted by Crippen LogP contribution is -2.44. The van der Waals surface area contributed by atoms with Crippen LogP contribution in [-0.4, -0.2) is 34.9 Å². The molecule has 0 saturated carbocycles. The number of aromatic nitrogens is 1. The molecule has 106 valence electrons. The summed E-state index contributed by atoms with van der Waals surface area (Å²) >= 11 is 0. The lowest BCUT2D eigenvalue weighted by molar-refractivity contribution is 0.0620. The van der Waals surface area contributed by atoms with Crippen LogP contribution in [0.3, 0.4) is 0 Å². The molecule has 0 spiro atoms. The van der Waals surface area contributed by atoms with Crippen molar-refractivity contribution in [3.05, 3.63) is 23.9 Å². The molecule has 0 aliphatic heterocycles. The van der Waals surface area contributed by atoms with Gasteiger partial charge in [-0.2, -0.15) is 0 Å². The van der Waals surface area contributed by atoms with E-state index < -0.39 is 0 Å². The maximum absolute atomic E-state index is 12.3. The third kappa shape index (κ3) is 3.94. The fourth-order valence-electron chi connectivity index (χ4n) is 1.58. The van der Waals surface area contributed by atoms with Crippen molar-refractivity contribution in [3.63, 3.8) is 0 Å². The van der Waals surface area contributed by atoms with E-state index in [-0.39, 0.29) is 11.4 Å². The summed E-state index contributed by atoms with van der Waals surface area (Å²) in [7, 11) is 1.84. The van der Waals surface area contributed by atoms with Crippen LogP contribution in [-0.2, 0) is 0 Å². The number of pyridine rings is 1. The van der Waals surface area contributed by atoms with Crippen molar-refractivity contribution in [1.29, 1.82) is 0 Å². The minimum atomic E-state index is -0.143. The van der Waals surface area contributed by atoms with Gasteiger partial charge in [-0.3, -0.25) is 4.79 Å². The van der Waals surface area contributed by atoms with Crippen LogP contribution in [0, 0.1) is 0 Å². The number of rotatable bonds is 6. The van der Waals surface area contributed by atoms with E-state index in [0.29, 0.717) is 5.56 Å². The van der Waals surface area contributed by atoms with Gasteiger partial charge in [0.05, 0.1) is 5.56 Å². The molecule has 0 saturated heterocycles. The van der Waals surface area contributed by atoms with Crippen LogP contribution >= 0.6 is 0 Å². The Labute approximate surface area is 116 Å². The van der Waals surface area contributed by atoms with Crippen molar-refractivity contribution in [2.24, 2.45) is 0 Å². The molecule has 4 heteroatoms. The van der Waals surface area contributed by atoms with Gasteiger partial charge in [0, 0.05) is 25.3 Å². The predicted molar refractivity (Wildman–Crippen MR) is 79.5 cm³/mol. The van der Waals surface area contributed by atoms with E-state index in [0.717, 1.165) is 25.2 Å². The van der Waals surface area contributed by atoms with Gasteiger partial charge in [0.25, 0.3) is 5.91 Å². The van der Waals surface area contributed by atoms with Gasteiger partial charge in [0.1, 0.15) is 5.82 Å². The van der Waals surface area contributed by atoms with Crippen LogP contribution in [0.25, 0.3) is 0 Å². The molecule has 1 N–H and O–H groups in total. The van der Waals surface area contributed by atoms with Crippen molar-refractivity contribution >= 4 is 11.7 Å². The zero-order valence-electron chi connectivity index (χ0n) is 12.7. The van der Waals surface area contributed by atoms with Crippen molar-refractivity contribution < 1.29 is 4.79 Å². The molecular formula is C15H25N3O. The second kappa shape index (κ2) is 6.55. The zero-order chi connectivity index (χ0) is 14.5. The van der Waals surface area contributed by atoms with Gasteiger partial charge in [0.2, 0.25) is 0 Å². The largest absolute Gasteiger partial charge is 0.370 e. The summed E-state index contributed by atoms with van der Waals surface area (Å²) in [5.74, 6) is 0.831. The first-order valence-corrected chi connectivity index (χ1v) is 6.90. The van der Waals surface area contributed by atoms with Crippen molar-refractivity contribution in [3.8, 4) is 0 Å². The van der Waals surface area contributed by atoms with E-state index in [9.17, 15) is 4.79 Å². The first-order chi connectivity index (χ1) is 8.92. The number of amides is 1. The molecule has 0 atom stereocenters. The van der Waals surface area contributed by atoms with Gasteiger partial charge >= 0.3 is 0 Å². The Bertz CT molecular complexity index is 412. The van der Waals surface area contributed by atoms with E-state index in [4.69, 9.17) is 0 Å². The van der Waals surface area contributed by atoms with Gasteiger partial charge in [-0.1, -0.05) is 13.8 Å². The molecule has 0 radical (unpaired) electrons. The molecule has 0 aliphatic rings. The Hall–Kier alpha value is -1.58. The van der Waals surface area contributed by atoms with E-state index in [2.05, 4.69) is 38.0 Å². The average molecular weight is 263 g/mol. The molecule has 0 aliphatic carbocycles. The fourth-order valence-corrected chi connectivity index (χ4v) is 1.58. The predicted octanol–water partition coefficient (Wildman–Crippen LogP) is 3.16. The number of anilines is 1. The fraction of sp³-hybridized carbons (Fsp3) is 0.600. The van der Waals surface area contributed by atoms with Gasteiger partial charge in [-0.25, -0.2) is 4.98 Å². The van der Waals surface area contributed by atoms with Crippen LogP contribution in [0.5, 0.6) is 0 Å². The highest BCUT2D eigenvalue weighted by Crippen LogP contribution is 2.19. The normalized spacial score (nSPS) is 11.2. The molecule has 1 heterocycles. The van der Waals surface area contributed by atoms with E-state index in [1.54, 1.807) is 11.1 Å². The molecule has 1 aromatic rings. The molecule has 4 nitrogen and oxygen atoms in total. The maximum Gasteiger partial charge on any atom is 0.255 e. The Morgan fingerprint density at radius 3 is 2.53 bits per heavy atom. The molecule has 19 heavy (non-hydrogen) atoms. The summed E-state index contributed by atoms with van der Waals surface area (Å²) in [6.45, 7) is 9.21. The number of nitrogens with one attached hydrogen (secondary N) is 1. The first-order valence-electron chi connectivity index (χ1n) is 6.90. The molecule has 0 bridgehead atoms. The Balaban J connectivity index is 2.78. The van der Waals surface area contributed by atoms with Gasteiger partial charge in [-0.15, -0.1) is 0 Å². The lowest BCUT2D eigenvalue weighted by atomic mass is 9.99. The molecule has 0 fully saturated rings. The first kappa shape index (κ1) is 15.5. The monoisotopic (exact) mass is 263 g/mol. The summed E-state index contributed by atoms with van der Waals surface area (Å²) in [6, 6.07) is 3.69. The van der Waals surface area contributed by atoms with Gasteiger partial charge in [-0.05, 0) is 38.8 Å². The zero-order valence-corrected chi connectivity index (χ0v) is 12.7. The summed E-state index contributed by atoms with van der Waals surface area (Å²) < 4.78 is 0. The summed E-state index contributed by atoms with van der Waals surface area (Å²) in [4.78, 5) is 18.4. The van der Waals surface area contributed by atoms with Gasteiger partial charge in [0.15, 0.2) is 0 Å². The lowest BCUT2D eigenvalue weighted by Gasteiger charge is -2.34. The molecular weight excluding hydrogens is 238 g/mol. The van der Waals surface area contributed by atoms with Crippen molar-refractivity contribution in [1.82, 2.24) is 9.88 Å². The minimum Gasteiger partial charge on any atom is -0.370 e. The second-order valence-electron chi connectivity index (χ2n) is 5.39. The summed E-state index contributed by atoms with van der Waals surface area (Å²) in [5.41, 5.74) is 0.488. The Morgan fingerprint density at radius 2 is 2.05 bits per heavy atom. The molecule has 0 aromatic carbocycles. The Kier molecular flexibility index (Phi) is 5.33. The third-order valence-electron chi connectivity index (χ3n) is 3.64. The Morgan fingerprint density at radius 1 is 1.37 bits per heavy atom. The molecule has 1 rings (SSSR count). The van der Waals surface area contributed by atoms with Crippen LogP contribution in [0.15, 0.2) is 18.3 Å². The SMILES string of the molecule is CCCNc1ccc(C(=O)N(C)C(C)(C)CC)cn1. The number of carbonyl (C=O) groups excluding carboxylic acids is 1. The highest BCUT2D eigenvalue weighted by molar-refractivity contribution is 5.94. The third-order valence-corrected chi connectivity index (χ3v) is 3.64. The number of carbonyl (C=O) groups is 1. The molecule has 1 amide bonds. The smallest absolute Gasteiger partial charge is 0.255 e. The quantitative estimate of drug-likeness (QED) is 0.857. The maximum atomic E-state index is 12.3. The summed E-state index contributed by atoms with van der Waals surface area (Å²) in [6.07, 6.45) is 3.61. The van der Waals surface area contributed by atoms with Crippen LogP contribution in [0.4, 0.5) is 5.82 Å². The van der Waals surface area contributed by atoms with Gasteiger partial charge < -0.3 is 10.2 Å². The molecule has 1 aromatic heterocycles. The van der Waals surface area contributed by atoms with Crippen LogP contribution in [0.2, 0.25) is 0 Å². The second-order valence-corrected chi connectivity index (χ2v) is 5.39. The minimum absolute atomic E-state index is 0.0152. The highest BCUT2D eigenvalue weighted by Gasteiger charge is 2.26. The average Bonchev–Trinajstić information content (AvgIpc) is 2.44. The number of hydrogen-bond donors (Lipinski definition) is 1. The molecule has 0 unspecified atom stereocenters. The summed E-state index contributed by atoms with van der Waals surface area (Å²) in [5, 5.41) is 3.20. The van der Waals surface area contributed by atoms with E-state index in [1.807, 2.05) is 19.2 Å². The van der Waals surface area contributed by atoms with Crippen molar-refractivity contribution in [2.75, 3.05) is 18.9 Å². The highest BCUT2D eigenvalue weighted by atomic mass is 16.2. The van der Waals surface area contributed by atoms with Crippen LogP contribution < -0.4 is 5.32 Å². The topological polar surface area (TPSA) is 45.2 Å². The number of hydrogen-bond acceptors (Lipinski definition) is 3.